The lowest BCUT2D eigenvalue weighted by Gasteiger charge is -2.24. The summed E-state index contributed by atoms with van der Waals surface area (Å²) in [5.41, 5.74) is 2.22. The van der Waals surface area contributed by atoms with Crippen molar-refractivity contribution in [1.82, 2.24) is 0 Å². The first-order valence-electron chi connectivity index (χ1n) is 8.54. The van der Waals surface area contributed by atoms with Crippen LogP contribution in [0, 0.1) is 0 Å². The minimum atomic E-state index is -0.0962. The number of rotatable bonds is 6. The molecule has 4 nitrogen and oxygen atoms in total. The van der Waals surface area contributed by atoms with E-state index < -0.39 is 0 Å². The highest BCUT2D eigenvalue weighted by molar-refractivity contribution is 5.91. The van der Waals surface area contributed by atoms with Crippen molar-refractivity contribution in [3.8, 4) is 11.5 Å². The molecule has 1 aliphatic rings. The molecule has 0 bridgehead atoms. The molecule has 4 heteroatoms. The summed E-state index contributed by atoms with van der Waals surface area (Å²) in [4.78, 5) is 12.0. The summed E-state index contributed by atoms with van der Waals surface area (Å²) in [6.07, 6.45) is 4.95. The molecule has 0 aliphatic carbocycles. The summed E-state index contributed by atoms with van der Waals surface area (Å²) in [6.45, 7) is 0. The van der Waals surface area contributed by atoms with Crippen molar-refractivity contribution < 1.29 is 19.7 Å². The Bertz CT molecular complexity index is 744. The molecule has 1 atom stereocenters. The van der Waals surface area contributed by atoms with Gasteiger partial charge >= 0.3 is 0 Å². The number of carbonyl (C=O) groups is 1. The van der Waals surface area contributed by atoms with Crippen LogP contribution in [0.1, 0.15) is 30.4 Å². The summed E-state index contributed by atoms with van der Waals surface area (Å²) >= 11 is 0. The fraction of sp³-hybridized carbons (Fsp3) is 0.286. The Hall–Kier alpha value is -2.75. The van der Waals surface area contributed by atoms with Crippen molar-refractivity contribution in [3.05, 3.63) is 71.5 Å². The molecule has 0 spiro atoms. The lowest BCUT2D eigenvalue weighted by molar-refractivity contribution is -0.118. The average molecular weight is 338 g/mol. The van der Waals surface area contributed by atoms with E-state index in [-0.39, 0.29) is 23.4 Å². The van der Waals surface area contributed by atoms with Gasteiger partial charge in [-0.25, -0.2) is 0 Å². The van der Waals surface area contributed by atoms with Crippen LogP contribution < -0.4 is 0 Å². The fourth-order valence-electron chi connectivity index (χ4n) is 2.97. The summed E-state index contributed by atoms with van der Waals surface area (Å²) < 4.78 is 5.99. The molecule has 25 heavy (non-hydrogen) atoms. The first-order valence-corrected chi connectivity index (χ1v) is 8.54. The Labute approximate surface area is 147 Å². The molecule has 0 saturated carbocycles. The summed E-state index contributed by atoms with van der Waals surface area (Å²) in [5.74, 6) is 1.36. The number of ether oxygens (including phenoxy) is 1. The number of allylic oxidation sites excluding steroid dienone is 2. The first kappa shape index (κ1) is 17.1. The van der Waals surface area contributed by atoms with Gasteiger partial charge in [0.05, 0.1) is 0 Å². The molecule has 1 heterocycles. The van der Waals surface area contributed by atoms with Crippen LogP contribution in [-0.4, -0.2) is 22.1 Å². The molecule has 0 unspecified atom stereocenters. The monoisotopic (exact) mass is 338 g/mol. The van der Waals surface area contributed by atoms with Crippen LogP contribution in [0.5, 0.6) is 11.5 Å². The number of hydrogen-bond donors (Lipinski definition) is 2. The number of ketones is 1. The second-order valence-corrected chi connectivity index (χ2v) is 6.39. The Kier molecular flexibility index (Phi) is 5.39. The predicted molar refractivity (Wildman–Crippen MR) is 95.4 cm³/mol. The third kappa shape index (κ3) is 5.11. The molecular weight excluding hydrogens is 316 g/mol. The van der Waals surface area contributed by atoms with Crippen molar-refractivity contribution >= 4 is 5.78 Å². The lowest BCUT2D eigenvalue weighted by Crippen LogP contribution is -2.23. The van der Waals surface area contributed by atoms with E-state index in [1.165, 1.54) is 0 Å². The number of aryl methyl sites for hydroxylation is 2. The number of carbonyl (C=O) groups excluding carboxylic acids is 1. The molecule has 0 saturated heterocycles. The van der Waals surface area contributed by atoms with Gasteiger partial charge in [0.25, 0.3) is 0 Å². The minimum Gasteiger partial charge on any atom is -0.508 e. The number of phenolic OH excluding ortho intramolecular Hbond substituents is 2. The maximum Gasteiger partial charge on any atom is 0.162 e. The van der Waals surface area contributed by atoms with E-state index in [1.807, 2.05) is 24.3 Å². The normalized spacial score (nSPS) is 17.0. The van der Waals surface area contributed by atoms with Gasteiger partial charge in [0.15, 0.2) is 5.78 Å². The van der Waals surface area contributed by atoms with Crippen LogP contribution in [0.4, 0.5) is 0 Å². The van der Waals surface area contributed by atoms with Crippen LogP contribution in [0.15, 0.2) is 60.4 Å². The zero-order valence-corrected chi connectivity index (χ0v) is 14.0. The number of phenols is 2. The number of aromatic hydroxyl groups is 2. The molecule has 0 amide bonds. The molecule has 2 aromatic carbocycles. The van der Waals surface area contributed by atoms with Crippen LogP contribution in [0.2, 0.25) is 0 Å². The zero-order chi connectivity index (χ0) is 17.6. The van der Waals surface area contributed by atoms with Gasteiger partial charge in [0, 0.05) is 18.9 Å². The van der Waals surface area contributed by atoms with Crippen LogP contribution in [0.3, 0.4) is 0 Å². The van der Waals surface area contributed by atoms with Crippen molar-refractivity contribution in [1.29, 1.82) is 0 Å². The van der Waals surface area contributed by atoms with Gasteiger partial charge in [-0.1, -0.05) is 24.3 Å². The third-order valence-electron chi connectivity index (χ3n) is 4.36. The van der Waals surface area contributed by atoms with Crippen LogP contribution in [0.25, 0.3) is 0 Å². The highest BCUT2D eigenvalue weighted by Crippen LogP contribution is 2.23. The largest absolute Gasteiger partial charge is 0.508 e. The molecule has 130 valence electrons. The SMILES string of the molecule is O=C1C=C(CCc2ccc(O)cc2)O[C@@H](CCc2ccc(O)cc2)C1. The van der Waals surface area contributed by atoms with E-state index in [0.29, 0.717) is 12.8 Å². The van der Waals surface area contributed by atoms with E-state index in [0.717, 1.165) is 36.1 Å². The molecule has 2 aromatic rings. The van der Waals surface area contributed by atoms with Gasteiger partial charge in [-0.05, 0) is 54.7 Å². The van der Waals surface area contributed by atoms with Gasteiger partial charge < -0.3 is 14.9 Å². The van der Waals surface area contributed by atoms with E-state index in [4.69, 9.17) is 4.74 Å². The van der Waals surface area contributed by atoms with Crippen molar-refractivity contribution in [2.45, 2.75) is 38.2 Å². The Morgan fingerprint density at radius 3 is 2.00 bits per heavy atom. The average Bonchev–Trinajstić information content (AvgIpc) is 2.60. The maximum atomic E-state index is 12.0. The molecule has 2 N–H and O–H groups in total. The highest BCUT2D eigenvalue weighted by Gasteiger charge is 2.21. The van der Waals surface area contributed by atoms with Gasteiger partial charge in [-0.2, -0.15) is 0 Å². The second-order valence-electron chi connectivity index (χ2n) is 6.39. The smallest absolute Gasteiger partial charge is 0.162 e. The highest BCUT2D eigenvalue weighted by atomic mass is 16.5. The van der Waals surface area contributed by atoms with Crippen LogP contribution in [-0.2, 0) is 22.4 Å². The third-order valence-corrected chi connectivity index (χ3v) is 4.36. The lowest BCUT2D eigenvalue weighted by atomic mass is 10.00. The summed E-state index contributed by atoms with van der Waals surface area (Å²) in [6, 6.07) is 14.2. The minimum absolute atomic E-state index is 0.0962. The Morgan fingerprint density at radius 2 is 1.40 bits per heavy atom. The number of benzene rings is 2. The molecule has 0 aromatic heterocycles. The molecule has 3 rings (SSSR count). The predicted octanol–water partition coefficient (Wildman–Crippen LogP) is 3.91. The van der Waals surface area contributed by atoms with Crippen molar-refractivity contribution in [2.24, 2.45) is 0 Å². The van der Waals surface area contributed by atoms with Crippen LogP contribution >= 0.6 is 0 Å². The van der Waals surface area contributed by atoms with E-state index >= 15 is 0 Å². The Morgan fingerprint density at radius 1 is 0.840 bits per heavy atom. The van der Waals surface area contributed by atoms with E-state index in [9.17, 15) is 15.0 Å². The van der Waals surface area contributed by atoms with E-state index in [2.05, 4.69) is 0 Å². The maximum absolute atomic E-state index is 12.0. The molecular formula is C21H22O4. The first-order chi connectivity index (χ1) is 12.1. The molecule has 1 aliphatic heterocycles. The molecule has 0 fully saturated rings. The van der Waals surface area contributed by atoms with Gasteiger partial charge in [-0.3, -0.25) is 4.79 Å². The van der Waals surface area contributed by atoms with Gasteiger partial charge in [0.1, 0.15) is 23.4 Å². The van der Waals surface area contributed by atoms with Gasteiger partial charge in [0.2, 0.25) is 0 Å². The second kappa shape index (κ2) is 7.88. The standard InChI is InChI=1S/C21H22O4/c22-17-7-1-15(2-8-17)5-11-20-13-19(24)14-21(25-20)12-6-16-3-9-18(23)10-4-16/h1-4,7-10,13,21-23H,5-6,11-12,14H2/t21-/m0/s1. The van der Waals surface area contributed by atoms with Crippen molar-refractivity contribution in [3.63, 3.8) is 0 Å². The summed E-state index contributed by atoms with van der Waals surface area (Å²) in [5, 5.41) is 18.6. The van der Waals surface area contributed by atoms with E-state index in [1.54, 1.807) is 30.3 Å². The number of hydrogen-bond acceptors (Lipinski definition) is 4. The molecule has 0 radical (unpaired) electrons. The topological polar surface area (TPSA) is 66.8 Å². The zero-order valence-electron chi connectivity index (χ0n) is 14.0. The van der Waals surface area contributed by atoms with Crippen molar-refractivity contribution in [2.75, 3.05) is 0 Å². The summed E-state index contributed by atoms with van der Waals surface area (Å²) in [7, 11) is 0. The van der Waals surface area contributed by atoms with Gasteiger partial charge in [-0.15, -0.1) is 0 Å². The Balaban J connectivity index is 1.52. The quantitative estimate of drug-likeness (QED) is 0.838. The fourth-order valence-corrected chi connectivity index (χ4v) is 2.97.